The van der Waals surface area contributed by atoms with Crippen molar-refractivity contribution in [3.8, 4) is 0 Å². The lowest BCUT2D eigenvalue weighted by molar-refractivity contribution is 0.745. The highest BCUT2D eigenvalue weighted by atomic mass is 14.7. The van der Waals surface area contributed by atoms with Gasteiger partial charge in [0.2, 0.25) is 0 Å². The van der Waals surface area contributed by atoms with E-state index in [1.807, 2.05) is 19.2 Å². The molecule has 0 saturated heterocycles. The second-order valence-corrected chi connectivity index (χ2v) is 1.84. The molecule has 1 atom stereocenters. The summed E-state index contributed by atoms with van der Waals surface area (Å²) in [7, 11) is 0. The third-order valence-electron chi connectivity index (χ3n) is 0.978. The Morgan fingerprint density at radius 2 is 2.38 bits per heavy atom. The summed E-state index contributed by atoms with van der Waals surface area (Å²) in [6.45, 7) is 8.54. The minimum atomic E-state index is 0.520. The Balaban J connectivity index is 3.23. The standard InChI is InChI=1S/C7H13N/c1-4-7(3)6-8-5-2/h4-5,7H,1,6H2,2-3H3. The number of hydrogen-bond donors (Lipinski definition) is 0. The smallest absolute Gasteiger partial charge is 0.0445 e. The van der Waals surface area contributed by atoms with E-state index in [9.17, 15) is 0 Å². The van der Waals surface area contributed by atoms with E-state index in [1.54, 1.807) is 0 Å². The van der Waals surface area contributed by atoms with Crippen LogP contribution in [0.3, 0.4) is 0 Å². The topological polar surface area (TPSA) is 12.4 Å². The van der Waals surface area contributed by atoms with Crippen LogP contribution in [-0.2, 0) is 0 Å². The Hall–Kier alpha value is -0.590. The molecule has 0 bridgehead atoms. The van der Waals surface area contributed by atoms with Gasteiger partial charge in [-0.2, -0.15) is 0 Å². The van der Waals surface area contributed by atoms with Crippen molar-refractivity contribution >= 4 is 6.21 Å². The summed E-state index contributed by atoms with van der Waals surface area (Å²) in [6.07, 6.45) is 3.73. The molecule has 0 saturated carbocycles. The lowest BCUT2D eigenvalue weighted by atomic mass is 10.2. The fourth-order valence-corrected chi connectivity index (χ4v) is 0.346. The molecule has 0 aromatic carbocycles. The molecule has 0 aliphatic rings. The lowest BCUT2D eigenvalue weighted by Crippen LogP contribution is -1.92. The highest BCUT2D eigenvalue weighted by molar-refractivity contribution is 5.53. The molecule has 0 fully saturated rings. The summed E-state index contributed by atoms with van der Waals surface area (Å²) in [6, 6.07) is 0. The van der Waals surface area contributed by atoms with E-state index in [4.69, 9.17) is 0 Å². The zero-order valence-electron chi connectivity index (χ0n) is 5.59. The minimum Gasteiger partial charge on any atom is -0.297 e. The molecule has 1 nitrogen and oxygen atoms in total. The molecule has 0 spiro atoms. The second-order valence-electron chi connectivity index (χ2n) is 1.84. The van der Waals surface area contributed by atoms with E-state index in [0.717, 1.165) is 6.54 Å². The third-order valence-corrected chi connectivity index (χ3v) is 0.978. The molecule has 0 aromatic heterocycles. The highest BCUT2D eigenvalue weighted by Crippen LogP contribution is 1.93. The molecule has 0 aliphatic heterocycles. The molecule has 0 heterocycles. The van der Waals surface area contributed by atoms with Crippen molar-refractivity contribution in [3.63, 3.8) is 0 Å². The number of hydrogen-bond acceptors (Lipinski definition) is 1. The Morgan fingerprint density at radius 1 is 1.75 bits per heavy atom. The molecule has 0 N–H and O–H groups in total. The molecular formula is C7H13N. The van der Waals surface area contributed by atoms with Gasteiger partial charge in [0, 0.05) is 6.54 Å². The fourth-order valence-electron chi connectivity index (χ4n) is 0.346. The lowest BCUT2D eigenvalue weighted by Gasteiger charge is -1.96. The van der Waals surface area contributed by atoms with Crippen molar-refractivity contribution in [2.45, 2.75) is 13.8 Å². The van der Waals surface area contributed by atoms with Crippen LogP contribution in [0.25, 0.3) is 0 Å². The van der Waals surface area contributed by atoms with E-state index in [1.165, 1.54) is 0 Å². The number of rotatable bonds is 3. The zero-order chi connectivity index (χ0) is 6.41. The predicted molar refractivity (Wildman–Crippen MR) is 38.4 cm³/mol. The number of nitrogens with zero attached hydrogens (tertiary/aromatic N) is 1. The maximum Gasteiger partial charge on any atom is 0.0445 e. The van der Waals surface area contributed by atoms with Crippen molar-refractivity contribution in [2.24, 2.45) is 10.9 Å². The average Bonchev–Trinajstić information content (AvgIpc) is 1.83. The maximum absolute atomic E-state index is 4.05. The molecule has 0 amide bonds. The predicted octanol–water partition coefficient (Wildman–Crippen LogP) is 1.90. The van der Waals surface area contributed by atoms with Gasteiger partial charge in [0.15, 0.2) is 0 Å². The van der Waals surface area contributed by atoms with Crippen LogP contribution >= 0.6 is 0 Å². The van der Waals surface area contributed by atoms with Crippen LogP contribution < -0.4 is 0 Å². The summed E-state index contributed by atoms with van der Waals surface area (Å²) < 4.78 is 0. The molecule has 1 unspecified atom stereocenters. The Bertz CT molecular complexity index is 84.4. The summed E-state index contributed by atoms with van der Waals surface area (Å²) in [5.41, 5.74) is 0. The molecule has 8 heavy (non-hydrogen) atoms. The average molecular weight is 111 g/mol. The van der Waals surface area contributed by atoms with Crippen molar-refractivity contribution in [1.29, 1.82) is 0 Å². The number of aliphatic imine (C=N–C) groups is 1. The van der Waals surface area contributed by atoms with Crippen molar-refractivity contribution < 1.29 is 0 Å². The summed E-state index contributed by atoms with van der Waals surface area (Å²) >= 11 is 0. The largest absolute Gasteiger partial charge is 0.297 e. The van der Waals surface area contributed by atoms with Crippen LogP contribution in [0.4, 0.5) is 0 Å². The summed E-state index contributed by atoms with van der Waals surface area (Å²) in [5.74, 6) is 0.520. The first kappa shape index (κ1) is 7.41. The normalized spacial score (nSPS) is 14.2. The van der Waals surface area contributed by atoms with Gasteiger partial charge in [-0.25, -0.2) is 0 Å². The molecule has 0 aromatic rings. The van der Waals surface area contributed by atoms with Gasteiger partial charge in [-0.1, -0.05) is 13.0 Å². The molecule has 1 heteroatoms. The molecule has 0 aliphatic carbocycles. The minimum absolute atomic E-state index is 0.520. The first-order valence-corrected chi connectivity index (χ1v) is 2.88. The first-order valence-electron chi connectivity index (χ1n) is 2.88. The van der Waals surface area contributed by atoms with Crippen LogP contribution in [-0.4, -0.2) is 12.8 Å². The van der Waals surface area contributed by atoms with E-state index < -0.39 is 0 Å². The molecule has 0 rings (SSSR count). The SMILES string of the molecule is C=CC(C)CN=CC. The molecule has 46 valence electrons. The molecule has 0 radical (unpaired) electrons. The van der Waals surface area contributed by atoms with Gasteiger partial charge in [0.1, 0.15) is 0 Å². The maximum atomic E-state index is 4.05. The monoisotopic (exact) mass is 111 g/mol. The quantitative estimate of drug-likeness (QED) is 0.389. The Kier molecular flexibility index (Phi) is 4.23. The van der Waals surface area contributed by atoms with Gasteiger partial charge < -0.3 is 0 Å². The van der Waals surface area contributed by atoms with E-state index >= 15 is 0 Å². The Labute approximate surface area is 51.1 Å². The van der Waals surface area contributed by atoms with Gasteiger partial charge in [-0.05, 0) is 19.1 Å². The van der Waals surface area contributed by atoms with Crippen LogP contribution in [0.1, 0.15) is 13.8 Å². The van der Waals surface area contributed by atoms with Crippen molar-refractivity contribution in [3.05, 3.63) is 12.7 Å². The zero-order valence-corrected chi connectivity index (χ0v) is 5.59. The van der Waals surface area contributed by atoms with E-state index in [2.05, 4.69) is 18.5 Å². The van der Waals surface area contributed by atoms with Crippen molar-refractivity contribution in [1.82, 2.24) is 0 Å². The van der Waals surface area contributed by atoms with Crippen LogP contribution in [0, 0.1) is 5.92 Å². The third kappa shape index (κ3) is 3.59. The van der Waals surface area contributed by atoms with Crippen molar-refractivity contribution in [2.75, 3.05) is 6.54 Å². The Morgan fingerprint density at radius 3 is 2.75 bits per heavy atom. The van der Waals surface area contributed by atoms with Gasteiger partial charge in [0.25, 0.3) is 0 Å². The fraction of sp³-hybridized carbons (Fsp3) is 0.571. The van der Waals surface area contributed by atoms with Gasteiger partial charge >= 0.3 is 0 Å². The first-order chi connectivity index (χ1) is 3.81. The summed E-state index contributed by atoms with van der Waals surface area (Å²) in [5, 5.41) is 0. The van der Waals surface area contributed by atoms with Crippen LogP contribution in [0.15, 0.2) is 17.6 Å². The summed E-state index contributed by atoms with van der Waals surface area (Å²) in [4.78, 5) is 4.05. The van der Waals surface area contributed by atoms with Crippen LogP contribution in [0.5, 0.6) is 0 Å². The van der Waals surface area contributed by atoms with Crippen LogP contribution in [0.2, 0.25) is 0 Å². The van der Waals surface area contributed by atoms with Gasteiger partial charge in [-0.3, -0.25) is 4.99 Å². The van der Waals surface area contributed by atoms with E-state index in [0.29, 0.717) is 5.92 Å². The van der Waals surface area contributed by atoms with E-state index in [-0.39, 0.29) is 0 Å². The molecular weight excluding hydrogens is 98.1 g/mol. The van der Waals surface area contributed by atoms with Gasteiger partial charge in [-0.15, -0.1) is 6.58 Å². The van der Waals surface area contributed by atoms with Gasteiger partial charge in [0.05, 0.1) is 0 Å². The highest BCUT2D eigenvalue weighted by Gasteiger charge is 1.88. The second kappa shape index (κ2) is 4.57.